The van der Waals surface area contributed by atoms with Crippen LogP contribution in [-0.2, 0) is 6.18 Å². The largest absolute Gasteiger partial charge is 0.416 e. The first-order valence-corrected chi connectivity index (χ1v) is 35.1. The van der Waals surface area contributed by atoms with E-state index >= 15 is 0 Å². The van der Waals surface area contributed by atoms with Gasteiger partial charge in [-0.05, 0) is 163 Å². The van der Waals surface area contributed by atoms with E-state index in [4.69, 9.17) is 9.52 Å². The molecule has 11 aromatic rings. The number of nitrogens with zero attached hydrogens (tertiary/aromatic N) is 13. The fourth-order valence-corrected chi connectivity index (χ4v) is 16.3. The van der Waals surface area contributed by atoms with E-state index in [9.17, 15) is 52.8 Å². The monoisotopic (exact) mass is 1440 g/mol. The number of alkyl halides is 3. The van der Waals surface area contributed by atoms with Gasteiger partial charge >= 0.3 is 6.18 Å². The van der Waals surface area contributed by atoms with Crippen LogP contribution >= 0.6 is 23.1 Å². The molecule has 4 N–H and O–H groups in total. The van der Waals surface area contributed by atoms with Crippen LogP contribution in [-0.4, -0.2) is 139 Å². The highest BCUT2D eigenvalue weighted by Crippen LogP contribution is 2.48. The lowest BCUT2D eigenvalue weighted by molar-refractivity contribution is -0.138. The van der Waals surface area contributed by atoms with Crippen molar-refractivity contribution >= 4 is 147 Å². The number of hydrogen-bond donors (Lipinski definition) is 4. The first-order chi connectivity index (χ1) is 49.6. The molecule has 524 valence electrons. The Balaban J connectivity index is 0.000000107. The number of fused-ring (bicyclic) bond motifs is 11. The second-order valence-electron chi connectivity index (χ2n) is 27.2. The molecular weight excluding hydrogens is 1370 g/mol. The molecule has 0 bridgehead atoms. The molecule has 19 rings (SSSR count). The number of ketones is 4. The molecule has 0 saturated carbocycles. The van der Waals surface area contributed by atoms with Crippen LogP contribution in [0.15, 0.2) is 164 Å². The number of rotatable bonds is 4. The lowest BCUT2D eigenvalue weighted by atomic mass is 9.86. The van der Waals surface area contributed by atoms with Gasteiger partial charge in [0, 0.05) is 119 Å². The van der Waals surface area contributed by atoms with Gasteiger partial charge in [0.05, 0.1) is 56.6 Å². The van der Waals surface area contributed by atoms with Crippen molar-refractivity contribution in [2.45, 2.75) is 103 Å². The average Bonchev–Trinajstić information content (AvgIpc) is 1.56. The Morgan fingerprint density at radius 1 is 0.481 bits per heavy atom. The van der Waals surface area contributed by atoms with Gasteiger partial charge < -0.3 is 39.6 Å². The highest BCUT2D eigenvalue weighted by Gasteiger charge is 2.57. The second kappa shape index (κ2) is 24.6. The molecule has 0 amide bonds. The van der Waals surface area contributed by atoms with Crippen LogP contribution < -0.4 is 19.6 Å². The quantitative estimate of drug-likeness (QED) is 0.127. The van der Waals surface area contributed by atoms with Crippen molar-refractivity contribution in [3.05, 3.63) is 206 Å². The number of halogens is 3. The fraction of sp³-hybridized carbons (Fsp3) is 0.260. The Morgan fingerprint density at radius 2 is 0.981 bits per heavy atom. The first kappa shape index (κ1) is 67.5. The smallest absolute Gasteiger partial charge is 0.374 e. The van der Waals surface area contributed by atoms with Gasteiger partial charge in [-0.1, -0.05) is 40.5 Å². The molecule has 0 aliphatic carbocycles. The Labute approximate surface area is 599 Å². The summed E-state index contributed by atoms with van der Waals surface area (Å²) in [6.07, 6.45) is -1.72. The molecule has 8 aliphatic heterocycles. The van der Waals surface area contributed by atoms with Crippen molar-refractivity contribution in [2.75, 3.05) is 45.8 Å². The van der Waals surface area contributed by atoms with E-state index in [-0.39, 0.29) is 58.8 Å². The highest BCUT2D eigenvalue weighted by molar-refractivity contribution is 7.16. The van der Waals surface area contributed by atoms with Crippen LogP contribution in [0.25, 0.3) is 32.8 Å². The predicted molar refractivity (Wildman–Crippen MR) is 393 cm³/mol. The minimum Gasteiger partial charge on any atom is -0.374 e. The number of anilines is 4. The molecule has 0 radical (unpaired) electrons. The number of Topliss-reactive ketones (excluding diaryl/α,β-unsaturated/α-hetero) is 4. The van der Waals surface area contributed by atoms with Crippen LogP contribution in [0, 0.1) is 48.5 Å². The van der Waals surface area contributed by atoms with Gasteiger partial charge in [0.25, 0.3) is 0 Å². The molecule has 104 heavy (non-hydrogen) atoms. The molecule has 27 heteroatoms. The van der Waals surface area contributed by atoms with Crippen molar-refractivity contribution in [1.29, 1.82) is 0 Å². The SMILES string of the molecule is Cc1cc(N2CC[C@@]3(O)C(=O)c4cc(C)c(C(F)(F)F)cc4N=C23)on1.Cc1ccc2c(c1)C(=O)[C@]1(O)CCN(c3ccc4nc(C)ccc4c3)C1=N2.Cc1ccc2c(c1)C(=O)[C@]1(O)CCN(c3ccc4nsnc4c3)C1=N2.Cc1sc2c(c1C)C(=O)[C@]1(O)CCN(c3ccc4ncccc4c3)C1=N2. The maximum atomic E-state index is 13.2. The summed E-state index contributed by atoms with van der Waals surface area (Å²) in [7, 11) is 0. The van der Waals surface area contributed by atoms with Crippen LogP contribution in [0.3, 0.4) is 0 Å². The fourth-order valence-electron chi connectivity index (χ4n) is 14.7. The summed E-state index contributed by atoms with van der Waals surface area (Å²) in [4.78, 5) is 87.3. The predicted octanol–water partition coefficient (Wildman–Crippen LogP) is 13.5. The molecule has 5 aromatic heterocycles. The molecule has 4 fully saturated rings. The zero-order chi connectivity index (χ0) is 72.8. The van der Waals surface area contributed by atoms with Crippen LogP contribution in [0.1, 0.15) is 111 Å². The summed E-state index contributed by atoms with van der Waals surface area (Å²) in [5, 5.41) is 50.8. The van der Waals surface area contributed by atoms with Gasteiger partial charge in [-0.2, -0.15) is 21.9 Å². The van der Waals surface area contributed by atoms with Crippen molar-refractivity contribution in [3.63, 3.8) is 0 Å². The maximum Gasteiger partial charge on any atom is 0.416 e. The third kappa shape index (κ3) is 11.0. The highest BCUT2D eigenvalue weighted by atomic mass is 32.1. The number of aliphatic hydroxyl groups is 4. The second-order valence-corrected chi connectivity index (χ2v) is 29.0. The Morgan fingerprint density at radius 3 is 1.56 bits per heavy atom. The minimum absolute atomic E-state index is 0.0163. The van der Waals surface area contributed by atoms with Crippen molar-refractivity contribution in [1.82, 2.24) is 23.9 Å². The topological polar surface area (TPSA) is 289 Å². The van der Waals surface area contributed by atoms with Gasteiger partial charge in [0.2, 0.25) is 29.0 Å². The number of amidine groups is 4. The van der Waals surface area contributed by atoms with E-state index in [1.165, 1.54) is 34.9 Å². The van der Waals surface area contributed by atoms with Gasteiger partial charge in [-0.3, -0.25) is 34.0 Å². The summed E-state index contributed by atoms with van der Waals surface area (Å²) in [6.45, 7) is 14.6. The molecule has 6 aromatic carbocycles. The molecule has 0 spiro atoms. The summed E-state index contributed by atoms with van der Waals surface area (Å²) < 4.78 is 53.2. The molecule has 22 nitrogen and oxygen atoms in total. The number of carbonyl (C=O) groups excluding carboxylic acids is 4. The van der Waals surface area contributed by atoms with E-state index in [0.717, 1.165) is 89.3 Å². The maximum absolute atomic E-state index is 13.2. The van der Waals surface area contributed by atoms with E-state index in [2.05, 4.69) is 38.8 Å². The van der Waals surface area contributed by atoms with Gasteiger partial charge in [0.1, 0.15) is 27.7 Å². The van der Waals surface area contributed by atoms with Crippen LogP contribution in [0.5, 0.6) is 0 Å². The molecule has 4 atom stereocenters. The van der Waals surface area contributed by atoms with Crippen molar-refractivity contribution < 1.29 is 57.3 Å². The van der Waals surface area contributed by atoms with E-state index in [0.29, 0.717) is 95.2 Å². The lowest BCUT2D eigenvalue weighted by Crippen LogP contribution is -2.48. The molecule has 8 aliphatic rings. The normalized spacial score (nSPS) is 21.8. The van der Waals surface area contributed by atoms with E-state index < -0.39 is 39.9 Å². The number of aryl methyl sites for hydroxylation is 6. The molecule has 4 saturated heterocycles. The number of thiophene rings is 1. The summed E-state index contributed by atoms with van der Waals surface area (Å²) in [5.74, 6) is 0.0955. The van der Waals surface area contributed by atoms with Gasteiger partial charge in [0.15, 0.2) is 34.1 Å². The van der Waals surface area contributed by atoms with E-state index in [1.807, 2.05) is 159 Å². The molecule has 0 unspecified atom stereocenters. The standard InChI is InChI=1S/C22H19N3O2.C20H17N3O2S.C18H14N4O2S.C17H14F3N3O3/c1-13-3-7-19-17(11-13)20(26)22(27)9-10-25(21(22)24-19)16-6-8-18-15(12-16)5-4-14(2)23-18;1-11-12(2)26-18-16(11)17(24)20(25)7-9-23(19(20)22-18)14-5-6-15-13(10-14)4-3-8-21-15;1-10-2-4-13-12(8-10)16(23)18(24)6-7-22(17(18)19-13)11-3-5-14-15(9-11)21-25-20-14;1-8-5-10-12(7-11(8)17(18,19)20)21-15-16(25,14(10)24)3-4-23(15)13-6-9(2)22-26-13/h3-8,11-12,27H,9-10H2,1-2H3;3-6,8,10,25H,7,9H2,1-2H3;2-5,8-9,24H,6-7H2,1H3;5-7,25H,3-4H2,1-2H3/t22-;20-;18-;16-/m1111/s1. The van der Waals surface area contributed by atoms with Crippen LogP contribution in [0.4, 0.5) is 58.2 Å². The molecule has 13 heterocycles. The van der Waals surface area contributed by atoms with E-state index in [1.54, 1.807) is 25.3 Å². The number of aliphatic imine (C=N–C) groups is 4. The number of aromatic nitrogens is 5. The third-order valence-corrected chi connectivity index (χ3v) is 22.1. The van der Waals surface area contributed by atoms with Gasteiger partial charge in [-0.25, -0.2) is 20.0 Å². The van der Waals surface area contributed by atoms with Crippen LogP contribution in [0.2, 0.25) is 0 Å². The number of carbonyl (C=O) groups is 4. The average molecular weight is 1440 g/mol. The summed E-state index contributed by atoms with van der Waals surface area (Å²) in [6, 6.07) is 40.3. The number of hydrogen-bond acceptors (Lipinski definition) is 24. The number of benzene rings is 6. The zero-order valence-corrected chi connectivity index (χ0v) is 58.7. The Hall–Kier alpha value is -10.9. The summed E-state index contributed by atoms with van der Waals surface area (Å²) in [5.41, 5.74) is 5.82. The lowest BCUT2D eigenvalue weighted by Gasteiger charge is -2.30. The van der Waals surface area contributed by atoms with Crippen molar-refractivity contribution in [3.8, 4) is 0 Å². The Bertz CT molecular complexity index is 5690. The third-order valence-electron chi connectivity index (χ3n) is 20.4. The zero-order valence-electron chi connectivity index (χ0n) is 57.0. The minimum atomic E-state index is -4.56. The molecular formula is C77H64F3N13O9S2. The van der Waals surface area contributed by atoms with Crippen molar-refractivity contribution in [2.24, 2.45) is 20.0 Å². The van der Waals surface area contributed by atoms with Gasteiger partial charge in [-0.15, -0.1) is 11.3 Å². The Kier molecular flexibility index (Phi) is 16.0. The number of pyridine rings is 2. The summed E-state index contributed by atoms with van der Waals surface area (Å²) >= 11 is 2.68. The first-order valence-electron chi connectivity index (χ1n) is 33.6.